The minimum absolute atomic E-state index is 0.0523. The zero-order valence-electron chi connectivity index (χ0n) is 14.9. The maximum absolute atomic E-state index is 11.0. The van der Waals surface area contributed by atoms with E-state index in [0.717, 1.165) is 25.7 Å². The van der Waals surface area contributed by atoms with Gasteiger partial charge in [-0.25, -0.2) is 0 Å². The lowest BCUT2D eigenvalue weighted by atomic mass is 9.80. The predicted octanol–water partition coefficient (Wildman–Crippen LogP) is 5.15. The van der Waals surface area contributed by atoms with Gasteiger partial charge in [0, 0.05) is 12.3 Å². The molecule has 0 saturated carbocycles. The van der Waals surface area contributed by atoms with Gasteiger partial charge in [0.15, 0.2) is 5.79 Å². The molecule has 1 aliphatic carbocycles. The number of ether oxygens (including phenoxy) is 1. The second kappa shape index (κ2) is 7.14. The molecule has 124 valence electrons. The quantitative estimate of drug-likeness (QED) is 0.715. The molecule has 0 amide bonds. The zero-order chi connectivity index (χ0) is 16.3. The molecule has 1 unspecified atom stereocenters. The third-order valence-electron chi connectivity index (χ3n) is 5.27. The Balaban J connectivity index is 2.23. The zero-order valence-corrected chi connectivity index (χ0v) is 14.9. The third-order valence-corrected chi connectivity index (χ3v) is 5.27. The van der Waals surface area contributed by atoms with E-state index in [-0.39, 0.29) is 12.0 Å². The van der Waals surface area contributed by atoms with Crippen LogP contribution in [0.4, 0.5) is 0 Å². The highest BCUT2D eigenvalue weighted by molar-refractivity contribution is 5.13. The lowest BCUT2D eigenvalue weighted by Gasteiger charge is -2.27. The monoisotopic (exact) mass is 304 g/mol. The summed E-state index contributed by atoms with van der Waals surface area (Å²) in [4.78, 5) is 0. The number of rotatable bonds is 2. The van der Waals surface area contributed by atoms with Crippen molar-refractivity contribution in [3.05, 3.63) is 34.9 Å². The molecule has 4 atom stereocenters. The number of hydrogen-bond donors (Lipinski definition) is 1. The molecule has 2 nitrogen and oxygen atoms in total. The second-order valence-electron chi connectivity index (χ2n) is 7.51. The Kier molecular flexibility index (Phi) is 5.68. The Labute approximate surface area is 136 Å². The summed E-state index contributed by atoms with van der Waals surface area (Å²) in [5, 5.41) is 11.0. The predicted molar refractivity (Wildman–Crippen MR) is 92.5 cm³/mol. The molecule has 2 rings (SSSR count). The summed E-state index contributed by atoms with van der Waals surface area (Å²) in [5.74, 6) is -0.467. The Morgan fingerprint density at radius 1 is 1.32 bits per heavy atom. The van der Waals surface area contributed by atoms with E-state index in [1.165, 1.54) is 16.7 Å². The van der Waals surface area contributed by atoms with Gasteiger partial charge in [0.25, 0.3) is 0 Å². The van der Waals surface area contributed by atoms with Crippen LogP contribution in [0.1, 0.15) is 66.7 Å². The van der Waals surface area contributed by atoms with Gasteiger partial charge >= 0.3 is 0 Å². The van der Waals surface area contributed by atoms with Crippen molar-refractivity contribution < 1.29 is 9.84 Å². The van der Waals surface area contributed by atoms with Crippen LogP contribution in [0.5, 0.6) is 0 Å². The van der Waals surface area contributed by atoms with Crippen molar-refractivity contribution in [2.24, 2.45) is 11.8 Å². The molecule has 0 aromatic heterocycles. The standard InChI is InChI=1S/C20H32O2/c1-14(2)11-12-20(21)17(5)18-10-9-15(3)7-6-8-16(4)13-19(18)22-20/h7,11,13,17-19,21H,6,8-10,12H2,1-5H3/b15-7+,16-13+/t17-,18-,19?,20+/m1/s1. The summed E-state index contributed by atoms with van der Waals surface area (Å²) in [6.07, 6.45) is 11.8. The maximum atomic E-state index is 11.0. The van der Waals surface area contributed by atoms with Gasteiger partial charge in [-0.05, 0) is 59.3 Å². The maximum Gasteiger partial charge on any atom is 0.172 e. The van der Waals surface area contributed by atoms with Gasteiger partial charge in [-0.2, -0.15) is 0 Å². The molecule has 22 heavy (non-hydrogen) atoms. The molecule has 0 bridgehead atoms. The fourth-order valence-electron chi connectivity index (χ4n) is 3.61. The van der Waals surface area contributed by atoms with Gasteiger partial charge in [0.05, 0.1) is 6.10 Å². The van der Waals surface area contributed by atoms with Crippen LogP contribution in [0.3, 0.4) is 0 Å². The lowest BCUT2D eigenvalue weighted by Crippen LogP contribution is -2.34. The Hall–Kier alpha value is -0.860. The van der Waals surface area contributed by atoms with E-state index in [4.69, 9.17) is 4.74 Å². The SMILES string of the molecule is CC(C)=CC[C@]1(O)OC2/C=C(\C)CC/C=C(\C)CC[C@@H]2[C@H]1C. The van der Waals surface area contributed by atoms with E-state index >= 15 is 0 Å². The minimum Gasteiger partial charge on any atom is -0.365 e. The summed E-state index contributed by atoms with van der Waals surface area (Å²) < 4.78 is 6.17. The van der Waals surface area contributed by atoms with E-state index in [1.807, 2.05) is 0 Å². The van der Waals surface area contributed by atoms with Crippen molar-refractivity contribution in [1.82, 2.24) is 0 Å². The van der Waals surface area contributed by atoms with Gasteiger partial charge in [0.2, 0.25) is 0 Å². The average Bonchev–Trinajstić information content (AvgIpc) is 2.66. The largest absolute Gasteiger partial charge is 0.365 e. The number of fused-ring (bicyclic) bond motifs is 1. The van der Waals surface area contributed by atoms with Crippen molar-refractivity contribution in [3.63, 3.8) is 0 Å². The first-order valence-electron chi connectivity index (χ1n) is 8.68. The van der Waals surface area contributed by atoms with Crippen molar-refractivity contribution >= 4 is 0 Å². The molecule has 2 aliphatic rings. The highest BCUT2D eigenvalue weighted by Gasteiger charge is 2.49. The summed E-state index contributed by atoms with van der Waals surface area (Å²) in [7, 11) is 0. The Morgan fingerprint density at radius 3 is 2.73 bits per heavy atom. The molecule has 1 aliphatic heterocycles. The molecule has 1 fully saturated rings. The van der Waals surface area contributed by atoms with Crippen LogP contribution in [0, 0.1) is 11.8 Å². The first-order valence-corrected chi connectivity index (χ1v) is 8.68. The summed E-state index contributed by atoms with van der Waals surface area (Å²) in [6.45, 7) is 10.7. The van der Waals surface area contributed by atoms with Gasteiger partial charge < -0.3 is 9.84 Å². The number of aliphatic hydroxyl groups is 1. The smallest absolute Gasteiger partial charge is 0.172 e. The number of hydrogen-bond acceptors (Lipinski definition) is 2. The molecule has 2 heteroatoms. The second-order valence-corrected chi connectivity index (χ2v) is 7.51. The van der Waals surface area contributed by atoms with Crippen LogP contribution in [-0.2, 0) is 4.74 Å². The molecule has 0 radical (unpaired) electrons. The van der Waals surface area contributed by atoms with E-state index in [1.54, 1.807) is 0 Å². The molecule has 1 N–H and O–H groups in total. The molecular weight excluding hydrogens is 272 g/mol. The lowest BCUT2D eigenvalue weighted by molar-refractivity contribution is -0.199. The van der Waals surface area contributed by atoms with Crippen LogP contribution >= 0.6 is 0 Å². The van der Waals surface area contributed by atoms with Crippen molar-refractivity contribution in [2.75, 3.05) is 0 Å². The molecule has 1 saturated heterocycles. The first kappa shape index (κ1) is 17.5. The van der Waals surface area contributed by atoms with E-state index in [2.05, 4.69) is 52.8 Å². The van der Waals surface area contributed by atoms with Crippen LogP contribution in [0.2, 0.25) is 0 Å². The van der Waals surface area contributed by atoms with Crippen LogP contribution in [-0.4, -0.2) is 17.0 Å². The van der Waals surface area contributed by atoms with Crippen LogP contribution in [0.15, 0.2) is 34.9 Å². The van der Waals surface area contributed by atoms with E-state index in [0.29, 0.717) is 12.3 Å². The van der Waals surface area contributed by atoms with E-state index in [9.17, 15) is 5.11 Å². The highest BCUT2D eigenvalue weighted by atomic mass is 16.6. The van der Waals surface area contributed by atoms with E-state index < -0.39 is 5.79 Å². The average molecular weight is 304 g/mol. The van der Waals surface area contributed by atoms with Gasteiger partial charge in [-0.1, -0.05) is 41.9 Å². The topological polar surface area (TPSA) is 29.5 Å². The normalized spacial score (nSPS) is 40.9. The summed E-state index contributed by atoms with van der Waals surface area (Å²) in [5.41, 5.74) is 4.08. The fraction of sp³-hybridized carbons (Fsp3) is 0.700. The van der Waals surface area contributed by atoms with Crippen LogP contribution in [0.25, 0.3) is 0 Å². The van der Waals surface area contributed by atoms with Gasteiger partial charge in [-0.3, -0.25) is 0 Å². The minimum atomic E-state index is -1.02. The third kappa shape index (κ3) is 4.11. The van der Waals surface area contributed by atoms with Crippen LogP contribution < -0.4 is 0 Å². The first-order chi connectivity index (χ1) is 10.3. The highest BCUT2D eigenvalue weighted by Crippen LogP contribution is 2.45. The molecule has 0 aromatic rings. The van der Waals surface area contributed by atoms with Crippen molar-refractivity contribution in [3.8, 4) is 0 Å². The number of allylic oxidation sites excluding steroid dienone is 4. The van der Waals surface area contributed by atoms with Crippen molar-refractivity contribution in [2.45, 2.75) is 78.6 Å². The summed E-state index contributed by atoms with van der Waals surface area (Å²) in [6, 6.07) is 0. The molecule has 0 spiro atoms. The molecular formula is C20H32O2. The Morgan fingerprint density at radius 2 is 2.05 bits per heavy atom. The molecule has 1 heterocycles. The Bertz CT molecular complexity index is 482. The van der Waals surface area contributed by atoms with Gasteiger partial charge in [0.1, 0.15) is 0 Å². The van der Waals surface area contributed by atoms with Gasteiger partial charge in [-0.15, -0.1) is 0 Å². The van der Waals surface area contributed by atoms with Crippen molar-refractivity contribution in [1.29, 1.82) is 0 Å². The molecule has 0 aromatic carbocycles. The summed E-state index contributed by atoms with van der Waals surface area (Å²) >= 11 is 0. The fourth-order valence-corrected chi connectivity index (χ4v) is 3.61.